The molecule has 3 atom stereocenters. The van der Waals surface area contributed by atoms with Gasteiger partial charge in [0, 0.05) is 36.2 Å². The molecule has 6 heteroatoms. The van der Waals surface area contributed by atoms with Crippen molar-refractivity contribution in [1.82, 2.24) is 5.32 Å². The topological polar surface area (TPSA) is 58.4 Å². The molecule has 108 valence electrons. The van der Waals surface area contributed by atoms with Crippen molar-refractivity contribution in [1.29, 1.82) is 0 Å². The average molecular weight is 340 g/mol. The van der Waals surface area contributed by atoms with E-state index >= 15 is 0 Å². The number of hydrogen-bond donors (Lipinski definition) is 1. The first-order chi connectivity index (χ1) is 9.61. The van der Waals surface area contributed by atoms with Crippen LogP contribution in [0.25, 0.3) is 0 Å². The average Bonchev–Trinajstić information content (AvgIpc) is 2.97. The van der Waals surface area contributed by atoms with E-state index in [1.54, 1.807) is 12.1 Å². The zero-order valence-corrected chi connectivity index (χ0v) is 13.0. The number of benzene rings is 1. The van der Waals surface area contributed by atoms with Crippen molar-refractivity contribution < 1.29 is 4.92 Å². The molecule has 1 aromatic rings. The van der Waals surface area contributed by atoms with Crippen LogP contribution in [0.15, 0.2) is 22.7 Å². The van der Waals surface area contributed by atoms with Crippen LogP contribution < -0.4 is 10.2 Å². The summed E-state index contributed by atoms with van der Waals surface area (Å²) in [5, 5.41) is 14.7. The van der Waals surface area contributed by atoms with E-state index in [-0.39, 0.29) is 10.6 Å². The number of fused-ring (bicyclic) bond motifs is 1. The van der Waals surface area contributed by atoms with E-state index in [0.717, 1.165) is 36.2 Å². The molecule has 0 saturated carbocycles. The summed E-state index contributed by atoms with van der Waals surface area (Å²) in [5.74, 6) is 1.22. The van der Waals surface area contributed by atoms with Gasteiger partial charge in [-0.15, -0.1) is 0 Å². The summed E-state index contributed by atoms with van der Waals surface area (Å²) in [4.78, 5) is 13.3. The smallest absolute Gasteiger partial charge is 0.292 e. The van der Waals surface area contributed by atoms with Gasteiger partial charge >= 0.3 is 0 Å². The highest BCUT2D eigenvalue weighted by atomic mass is 79.9. The Morgan fingerprint density at radius 3 is 3.00 bits per heavy atom. The summed E-state index contributed by atoms with van der Waals surface area (Å²) < 4.78 is 0.892. The summed E-state index contributed by atoms with van der Waals surface area (Å²) in [6.45, 7) is 5.14. The highest BCUT2D eigenvalue weighted by molar-refractivity contribution is 9.10. The van der Waals surface area contributed by atoms with Gasteiger partial charge in [0.15, 0.2) is 0 Å². The maximum atomic E-state index is 11.3. The second-order valence-corrected chi connectivity index (χ2v) is 6.52. The van der Waals surface area contributed by atoms with Gasteiger partial charge in [0.05, 0.1) is 4.92 Å². The number of rotatable bonds is 3. The molecule has 3 unspecified atom stereocenters. The quantitative estimate of drug-likeness (QED) is 0.679. The van der Waals surface area contributed by atoms with Crippen LogP contribution in [0.3, 0.4) is 0 Å². The van der Waals surface area contributed by atoms with Gasteiger partial charge in [-0.05, 0) is 30.4 Å². The number of nitro benzene ring substituents is 1. The molecular weight excluding hydrogens is 322 g/mol. The molecule has 1 N–H and O–H groups in total. The van der Waals surface area contributed by atoms with Crippen LogP contribution in [0.2, 0.25) is 0 Å². The van der Waals surface area contributed by atoms with Gasteiger partial charge < -0.3 is 10.2 Å². The van der Waals surface area contributed by atoms with Crippen molar-refractivity contribution >= 4 is 27.3 Å². The van der Waals surface area contributed by atoms with Crippen molar-refractivity contribution in [3.8, 4) is 0 Å². The van der Waals surface area contributed by atoms with Gasteiger partial charge in [-0.1, -0.05) is 22.9 Å². The minimum atomic E-state index is -0.277. The van der Waals surface area contributed by atoms with Crippen LogP contribution in [-0.2, 0) is 0 Å². The fraction of sp³-hybridized carbons (Fsp3) is 0.571. The molecule has 0 amide bonds. The fourth-order valence-corrected chi connectivity index (χ4v) is 4.05. The Bertz CT molecular complexity index is 537. The van der Waals surface area contributed by atoms with E-state index in [1.807, 2.05) is 6.07 Å². The largest absolute Gasteiger partial charge is 0.362 e. The fourth-order valence-electron chi connectivity index (χ4n) is 3.70. The van der Waals surface area contributed by atoms with Crippen molar-refractivity contribution in [2.45, 2.75) is 19.4 Å². The summed E-state index contributed by atoms with van der Waals surface area (Å²) in [6.07, 6.45) is 1.02. The molecule has 20 heavy (non-hydrogen) atoms. The lowest BCUT2D eigenvalue weighted by Crippen LogP contribution is -2.35. The highest BCUT2D eigenvalue weighted by Crippen LogP contribution is 2.41. The first-order valence-electron chi connectivity index (χ1n) is 7.03. The van der Waals surface area contributed by atoms with Gasteiger partial charge in [-0.2, -0.15) is 0 Å². The maximum Gasteiger partial charge on any atom is 0.292 e. The van der Waals surface area contributed by atoms with Gasteiger partial charge in [0.1, 0.15) is 5.69 Å². The number of nitrogens with zero attached hydrogens (tertiary/aromatic N) is 2. The molecule has 1 aromatic carbocycles. The number of hydrogen-bond acceptors (Lipinski definition) is 4. The minimum Gasteiger partial charge on any atom is -0.362 e. The minimum absolute atomic E-state index is 0.208. The Morgan fingerprint density at radius 2 is 2.30 bits per heavy atom. The van der Waals surface area contributed by atoms with Gasteiger partial charge in [-0.3, -0.25) is 10.1 Å². The third-order valence-electron chi connectivity index (χ3n) is 4.58. The predicted octanol–water partition coefficient (Wildman–Crippen LogP) is 2.79. The van der Waals surface area contributed by atoms with Crippen LogP contribution in [0.4, 0.5) is 11.4 Å². The van der Waals surface area contributed by atoms with Crippen LogP contribution in [0.1, 0.15) is 13.3 Å². The highest BCUT2D eigenvalue weighted by Gasteiger charge is 2.44. The number of nitro groups is 1. The summed E-state index contributed by atoms with van der Waals surface area (Å²) in [6, 6.07) is 5.61. The summed E-state index contributed by atoms with van der Waals surface area (Å²) in [7, 11) is 0. The lowest BCUT2D eigenvalue weighted by Gasteiger charge is -2.28. The second kappa shape index (κ2) is 5.33. The van der Waals surface area contributed by atoms with Gasteiger partial charge in [0.2, 0.25) is 0 Å². The Labute approximate surface area is 126 Å². The molecule has 0 aliphatic carbocycles. The summed E-state index contributed by atoms with van der Waals surface area (Å²) >= 11 is 3.43. The van der Waals surface area contributed by atoms with E-state index in [9.17, 15) is 10.1 Å². The van der Waals surface area contributed by atoms with Crippen molar-refractivity contribution in [2.24, 2.45) is 11.8 Å². The molecule has 0 radical (unpaired) electrons. The molecule has 2 saturated heterocycles. The zero-order chi connectivity index (χ0) is 14.3. The Morgan fingerprint density at radius 1 is 1.50 bits per heavy atom. The van der Waals surface area contributed by atoms with Crippen molar-refractivity contribution in [3.63, 3.8) is 0 Å². The first-order valence-corrected chi connectivity index (χ1v) is 7.82. The molecule has 2 heterocycles. The van der Waals surface area contributed by atoms with Gasteiger partial charge in [-0.25, -0.2) is 0 Å². The van der Waals surface area contributed by atoms with Crippen LogP contribution in [-0.4, -0.2) is 30.6 Å². The molecular formula is C14H18BrN3O2. The summed E-state index contributed by atoms with van der Waals surface area (Å²) in [5.41, 5.74) is 0.963. The molecule has 2 aliphatic heterocycles. The van der Waals surface area contributed by atoms with E-state index in [2.05, 4.69) is 33.1 Å². The maximum absolute atomic E-state index is 11.3. The van der Waals surface area contributed by atoms with Crippen LogP contribution in [0, 0.1) is 22.0 Å². The Kier molecular flexibility index (Phi) is 3.69. The molecule has 0 bridgehead atoms. The molecule has 0 spiro atoms. The number of halogens is 1. The Hall–Kier alpha value is -1.14. The number of anilines is 1. The van der Waals surface area contributed by atoms with E-state index in [4.69, 9.17) is 0 Å². The SMILES string of the molecule is CCC1C2CNCC2CN1c1cc(Br)ccc1[N+](=O)[O-]. The Balaban J connectivity index is 2.00. The van der Waals surface area contributed by atoms with E-state index in [0.29, 0.717) is 17.9 Å². The van der Waals surface area contributed by atoms with E-state index < -0.39 is 0 Å². The lowest BCUT2D eigenvalue weighted by molar-refractivity contribution is -0.384. The van der Waals surface area contributed by atoms with E-state index in [1.165, 1.54) is 0 Å². The van der Waals surface area contributed by atoms with Crippen molar-refractivity contribution in [2.75, 3.05) is 24.5 Å². The van der Waals surface area contributed by atoms with Crippen LogP contribution >= 0.6 is 15.9 Å². The molecule has 5 nitrogen and oxygen atoms in total. The molecule has 2 fully saturated rings. The molecule has 0 aromatic heterocycles. The predicted molar refractivity (Wildman–Crippen MR) is 82.1 cm³/mol. The molecule has 3 rings (SSSR count). The third kappa shape index (κ3) is 2.20. The normalized spacial score (nSPS) is 28.7. The molecule has 2 aliphatic rings. The first kappa shape index (κ1) is 13.8. The monoisotopic (exact) mass is 339 g/mol. The standard InChI is InChI=1S/C14H18BrN3O2/c1-2-12-11-7-16-6-9(11)8-17(12)14-5-10(15)3-4-13(14)18(19)20/h3-5,9,11-12,16H,2,6-8H2,1H3. The second-order valence-electron chi connectivity index (χ2n) is 5.60. The number of nitrogens with one attached hydrogen (secondary N) is 1. The van der Waals surface area contributed by atoms with Crippen molar-refractivity contribution in [3.05, 3.63) is 32.8 Å². The van der Waals surface area contributed by atoms with Gasteiger partial charge in [0.25, 0.3) is 5.69 Å². The lowest BCUT2D eigenvalue weighted by atomic mass is 9.93. The van der Waals surface area contributed by atoms with Crippen LogP contribution in [0.5, 0.6) is 0 Å². The zero-order valence-electron chi connectivity index (χ0n) is 11.4. The third-order valence-corrected chi connectivity index (χ3v) is 5.07.